The van der Waals surface area contributed by atoms with Crippen LogP contribution in [0, 0.1) is 0 Å². The smallest absolute Gasteiger partial charge is 0.162 e. The highest BCUT2D eigenvalue weighted by Gasteiger charge is 2.14. The summed E-state index contributed by atoms with van der Waals surface area (Å²) in [6.45, 7) is 3.83. The average Bonchev–Trinajstić information content (AvgIpc) is 2.97. The molecule has 2 rings (SSSR count). The van der Waals surface area contributed by atoms with Crippen LogP contribution in [0.5, 0.6) is 11.5 Å². The van der Waals surface area contributed by atoms with Gasteiger partial charge < -0.3 is 20.1 Å². The molecule has 108 valence electrons. The number of thiophene rings is 1. The summed E-state index contributed by atoms with van der Waals surface area (Å²) in [6.07, 6.45) is 0. The fourth-order valence-electron chi connectivity index (χ4n) is 2.12. The van der Waals surface area contributed by atoms with Crippen LogP contribution in [0.2, 0.25) is 0 Å². The van der Waals surface area contributed by atoms with Crippen LogP contribution in [-0.2, 0) is 6.54 Å². The van der Waals surface area contributed by atoms with Gasteiger partial charge in [0.15, 0.2) is 11.5 Å². The fraction of sp³-hybridized carbons (Fsp3) is 0.333. The van der Waals surface area contributed by atoms with E-state index in [2.05, 4.69) is 29.3 Å². The van der Waals surface area contributed by atoms with E-state index in [-0.39, 0.29) is 0 Å². The predicted octanol–water partition coefficient (Wildman–Crippen LogP) is 3.37. The zero-order valence-corrected chi connectivity index (χ0v) is 12.9. The first-order valence-corrected chi connectivity index (χ1v) is 7.36. The molecule has 0 bridgehead atoms. The Kier molecular flexibility index (Phi) is 4.74. The average molecular weight is 292 g/mol. The third-order valence-electron chi connectivity index (χ3n) is 3.18. The lowest BCUT2D eigenvalue weighted by Gasteiger charge is -2.25. The molecule has 20 heavy (non-hydrogen) atoms. The zero-order valence-electron chi connectivity index (χ0n) is 12.1. The number of nitrogens with two attached hydrogens (primary N) is 1. The van der Waals surface area contributed by atoms with Crippen molar-refractivity contribution in [1.82, 2.24) is 0 Å². The topological polar surface area (TPSA) is 47.7 Å². The lowest BCUT2D eigenvalue weighted by atomic mass is 10.2. The van der Waals surface area contributed by atoms with Gasteiger partial charge in [0.25, 0.3) is 0 Å². The maximum absolute atomic E-state index is 6.15. The molecule has 5 heteroatoms. The number of rotatable bonds is 6. The minimum atomic E-state index is 0.654. The van der Waals surface area contributed by atoms with E-state index >= 15 is 0 Å². The second-order valence-corrected chi connectivity index (χ2v) is 5.39. The number of benzene rings is 1. The largest absolute Gasteiger partial charge is 0.493 e. The third kappa shape index (κ3) is 2.99. The first-order valence-electron chi connectivity index (χ1n) is 6.48. The Labute approximate surface area is 123 Å². The molecule has 1 aromatic carbocycles. The van der Waals surface area contributed by atoms with Crippen molar-refractivity contribution in [2.75, 3.05) is 31.4 Å². The van der Waals surface area contributed by atoms with Gasteiger partial charge in [0.2, 0.25) is 0 Å². The molecular formula is C15H20N2O2S. The highest BCUT2D eigenvalue weighted by Crippen LogP contribution is 2.37. The quantitative estimate of drug-likeness (QED) is 0.829. The summed E-state index contributed by atoms with van der Waals surface area (Å²) in [5.41, 5.74) is 7.82. The van der Waals surface area contributed by atoms with Crippen LogP contribution in [-0.4, -0.2) is 20.8 Å². The van der Waals surface area contributed by atoms with Gasteiger partial charge in [0.05, 0.1) is 32.1 Å². The number of nitrogen functional groups attached to an aromatic ring is 1. The molecule has 2 N–H and O–H groups in total. The summed E-state index contributed by atoms with van der Waals surface area (Å²) < 4.78 is 10.6. The van der Waals surface area contributed by atoms with Crippen LogP contribution in [0.1, 0.15) is 11.8 Å². The van der Waals surface area contributed by atoms with E-state index in [4.69, 9.17) is 15.2 Å². The van der Waals surface area contributed by atoms with Crippen molar-refractivity contribution in [3.8, 4) is 11.5 Å². The Morgan fingerprint density at radius 3 is 2.45 bits per heavy atom. The predicted molar refractivity (Wildman–Crippen MR) is 85.0 cm³/mol. The fourth-order valence-corrected chi connectivity index (χ4v) is 2.84. The normalized spacial score (nSPS) is 10.3. The van der Waals surface area contributed by atoms with Crippen molar-refractivity contribution < 1.29 is 9.47 Å². The van der Waals surface area contributed by atoms with Crippen molar-refractivity contribution in [2.45, 2.75) is 13.5 Å². The van der Waals surface area contributed by atoms with E-state index in [9.17, 15) is 0 Å². The third-order valence-corrected chi connectivity index (χ3v) is 4.04. The Hall–Kier alpha value is -1.88. The number of hydrogen-bond acceptors (Lipinski definition) is 5. The highest BCUT2D eigenvalue weighted by molar-refractivity contribution is 7.09. The monoisotopic (exact) mass is 292 g/mol. The molecule has 0 aliphatic rings. The Morgan fingerprint density at radius 2 is 1.90 bits per heavy atom. The molecule has 0 amide bonds. The van der Waals surface area contributed by atoms with Crippen molar-refractivity contribution in [3.63, 3.8) is 0 Å². The molecule has 0 radical (unpaired) electrons. The summed E-state index contributed by atoms with van der Waals surface area (Å²) in [5.74, 6) is 1.35. The Balaban J connectivity index is 2.33. The molecule has 1 aromatic heterocycles. The number of hydrogen-bond donors (Lipinski definition) is 1. The van der Waals surface area contributed by atoms with Gasteiger partial charge in [-0.3, -0.25) is 0 Å². The molecule has 0 spiro atoms. The molecule has 0 aliphatic carbocycles. The second-order valence-electron chi connectivity index (χ2n) is 4.36. The van der Waals surface area contributed by atoms with Gasteiger partial charge in [0.1, 0.15) is 0 Å². The Morgan fingerprint density at radius 1 is 1.20 bits per heavy atom. The maximum atomic E-state index is 6.15. The van der Waals surface area contributed by atoms with Gasteiger partial charge in [-0.2, -0.15) is 0 Å². The van der Waals surface area contributed by atoms with Crippen LogP contribution < -0.4 is 20.1 Å². The van der Waals surface area contributed by atoms with Gasteiger partial charge in [-0.25, -0.2) is 0 Å². The molecule has 1 heterocycles. The van der Waals surface area contributed by atoms with Crippen LogP contribution >= 0.6 is 11.3 Å². The van der Waals surface area contributed by atoms with Crippen LogP contribution in [0.15, 0.2) is 29.6 Å². The minimum absolute atomic E-state index is 0.654. The van der Waals surface area contributed by atoms with Gasteiger partial charge in [-0.05, 0) is 18.4 Å². The maximum Gasteiger partial charge on any atom is 0.162 e. The standard InChI is InChI=1S/C15H20N2O2S/c1-4-17(10-11-6-5-7-20-11)13-9-15(19-3)14(18-2)8-12(13)16/h5-9H,4,10,16H2,1-3H3. The molecule has 0 unspecified atom stereocenters. The van der Waals surface area contributed by atoms with E-state index in [1.54, 1.807) is 25.6 Å². The van der Waals surface area contributed by atoms with Gasteiger partial charge in [0, 0.05) is 23.6 Å². The lowest BCUT2D eigenvalue weighted by Crippen LogP contribution is -2.22. The Bertz CT molecular complexity index is 555. The molecule has 0 saturated heterocycles. The molecule has 4 nitrogen and oxygen atoms in total. The summed E-state index contributed by atoms with van der Waals surface area (Å²) in [5, 5.41) is 2.08. The van der Waals surface area contributed by atoms with Crippen LogP contribution in [0.3, 0.4) is 0 Å². The van der Waals surface area contributed by atoms with E-state index in [1.807, 2.05) is 12.1 Å². The first kappa shape index (κ1) is 14.5. The van der Waals surface area contributed by atoms with E-state index in [0.29, 0.717) is 17.2 Å². The summed E-state index contributed by atoms with van der Waals surface area (Å²) >= 11 is 1.75. The van der Waals surface area contributed by atoms with Crippen molar-refractivity contribution in [1.29, 1.82) is 0 Å². The molecule has 0 saturated carbocycles. The van der Waals surface area contributed by atoms with Crippen molar-refractivity contribution in [2.24, 2.45) is 0 Å². The molecule has 0 aliphatic heterocycles. The van der Waals surface area contributed by atoms with E-state index in [0.717, 1.165) is 18.8 Å². The van der Waals surface area contributed by atoms with Gasteiger partial charge >= 0.3 is 0 Å². The number of methoxy groups -OCH3 is 2. The summed E-state index contributed by atoms with van der Waals surface area (Å²) in [6, 6.07) is 7.94. The molecular weight excluding hydrogens is 272 g/mol. The minimum Gasteiger partial charge on any atom is -0.493 e. The zero-order chi connectivity index (χ0) is 14.5. The molecule has 2 aromatic rings. The van der Waals surface area contributed by atoms with Crippen LogP contribution in [0.25, 0.3) is 0 Å². The second kappa shape index (κ2) is 6.52. The van der Waals surface area contributed by atoms with E-state index in [1.165, 1.54) is 4.88 Å². The first-order chi connectivity index (χ1) is 9.69. The van der Waals surface area contributed by atoms with E-state index < -0.39 is 0 Å². The van der Waals surface area contributed by atoms with Crippen molar-refractivity contribution >= 4 is 22.7 Å². The molecule has 0 atom stereocenters. The summed E-state index contributed by atoms with van der Waals surface area (Å²) in [7, 11) is 3.24. The van der Waals surface area contributed by atoms with Gasteiger partial charge in [-0.1, -0.05) is 6.07 Å². The summed E-state index contributed by atoms with van der Waals surface area (Å²) in [4.78, 5) is 3.53. The highest BCUT2D eigenvalue weighted by atomic mass is 32.1. The number of nitrogens with zero attached hydrogens (tertiary/aromatic N) is 1. The SMILES string of the molecule is CCN(Cc1cccs1)c1cc(OC)c(OC)cc1N. The lowest BCUT2D eigenvalue weighted by molar-refractivity contribution is 0.355. The molecule has 0 fully saturated rings. The number of ether oxygens (including phenoxy) is 2. The van der Waals surface area contributed by atoms with Gasteiger partial charge in [-0.15, -0.1) is 11.3 Å². The number of anilines is 2. The van der Waals surface area contributed by atoms with Crippen LogP contribution in [0.4, 0.5) is 11.4 Å². The van der Waals surface area contributed by atoms with Crippen molar-refractivity contribution in [3.05, 3.63) is 34.5 Å².